The van der Waals surface area contributed by atoms with Gasteiger partial charge in [-0.05, 0) is 70.4 Å². The van der Waals surface area contributed by atoms with Crippen LogP contribution in [0.1, 0.15) is 62.9 Å². The Morgan fingerprint density at radius 1 is 0.935 bits per heavy atom. The van der Waals surface area contributed by atoms with Crippen LogP contribution in [0.3, 0.4) is 0 Å². The molecule has 0 unspecified atom stereocenters. The lowest BCUT2D eigenvalue weighted by atomic mass is 10.1. The Balaban J connectivity index is 1.18. The summed E-state index contributed by atoms with van der Waals surface area (Å²) in [4.78, 5) is 61.6. The number of ether oxygens (including phenoxy) is 1. The van der Waals surface area contributed by atoms with Crippen molar-refractivity contribution in [2.45, 2.75) is 65.1 Å². The molecule has 2 aromatic rings. The Kier molecular flexibility index (Phi) is 10.3. The molecule has 0 aliphatic carbocycles. The monoisotopic (exact) mass is 652 g/mol. The number of carbonyl (C=O) groups excluding carboxylic acids is 4. The summed E-state index contributed by atoms with van der Waals surface area (Å²) in [7, 11) is 0. The highest BCUT2D eigenvalue weighted by Crippen LogP contribution is 2.32. The van der Waals surface area contributed by atoms with Crippen LogP contribution in [0.25, 0.3) is 0 Å². The first-order valence-electron chi connectivity index (χ1n) is 16.2. The lowest BCUT2D eigenvalue weighted by Crippen LogP contribution is -2.52. The number of nitrogens with one attached hydrogen (secondary N) is 1. The number of hydrogen-bond acceptors (Lipinski definition) is 6. The minimum absolute atomic E-state index is 0.0807. The molecule has 248 valence electrons. The summed E-state index contributed by atoms with van der Waals surface area (Å²) in [5.74, 6) is -0.292. The van der Waals surface area contributed by atoms with E-state index in [0.29, 0.717) is 43.3 Å². The molecule has 1 N–H and O–H groups in total. The van der Waals surface area contributed by atoms with Gasteiger partial charge in [0, 0.05) is 82.7 Å². The summed E-state index contributed by atoms with van der Waals surface area (Å²) in [6, 6.07) is 12.6. The zero-order valence-corrected chi connectivity index (χ0v) is 28.0. The second-order valence-electron chi connectivity index (χ2n) is 13.2. The standard InChI is InChI=1S/C34H45ClN6O5/c1-24-22-41(31(43)27-12-11-26(21-28(27)35)37-15-7-8-16-37)29-10-6-5-9-25(29)23-40(24)32(44)36-14-13-30(42)38-17-19-39(20-18-38)33(45)46-34(2,3)4/h5-6,9-12,21,24H,7-8,13-20,22-23H2,1-4H3,(H,36,44)/t24-/m1/s1. The van der Waals surface area contributed by atoms with Gasteiger partial charge in [-0.15, -0.1) is 0 Å². The number of nitrogens with zero attached hydrogens (tertiary/aromatic N) is 5. The number of urea groups is 1. The summed E-state index contributed by atoms with van der Waals surface area (Å²) >= 11 is 6.69. The van der Waals surface area contributed by atoms with Crippen LogP contribution in [0.2, 0.25) is 5.02 Å². The van der Waals surface area contributed by atoms with Crippen LogP contribution >= 0.6 is 11.6 Å². The van der Waals surface area contributed by atoms with Gasteiger partial charge >= 0.3 is 12.1 Å². The molecule has 12 heteroatoms. The average Bonchev–Trinajstić information content (AvgIpc) is 3.52. The Hall–Kier alpha value is -3.99. The molecule has 3 aliphatic heterocycles. The maximum Gasteiger partial charge on any atom is 0.410 e. The number of benzene rings is 2. The number of halogens is 1. The zero-order chi connectivity index (χ0) is 33.0. The summed E-state index contributed by atoms with van der Waals surface area (Å²) in [5.41, 5.74) is 2.47. The molecule has 11 nitrogen and oxygen atoms in total. The normalized spacial score (nSPS) is 18.6. The number of amides is 5. The second-order valence-corrected chi connectivity index (χ2v) is 13.6. The Bertz CT molecular complexity index is 1450. The van der Waals surface area contributed by atoms with E-state index in [1.54, 1.807) is 25.7 Å². The van der Waals surface area contributed by atoms with Crippen LogP contribution < -0.4 is 15.1 Å². The molecule has 0 aromatic heterocycles. The van der Waals surface area contributed by atoms with Crippen molar-refractivity contribution in [1.82, 2.24) is 20.0 Å². The van der Waals surface area contributed by atoms with Gasteiger partial charge in [-0.25, -0.2) is 9.59 Å². The first-order valence-corrected chi connectivity index (χ1v) is 16.5. The fourth-order valence-electron chi connectivity index (χ4n) is 6.17. The molecular formula is C34H45ClN6O5. The molecule has 3 heterocycles. The van der Waals surface area contributed by atoms with Crippen LogP contribution in [0.5, 0.6) is 0 Å². The molecule has 0 spiro atoms. The average molecular weight is 653 g/mol. The molecule has 0 radical (unpaired) electrons. The molecule has 5 rings (SSSR count). The molecule has 0 saturated carbocycles. The Morgan fingerprint density at radius 3 is 2.28 bits per heavy atom. The number of rotatable bonds is 5. The predicted molar refractivity (Wildman–Crippen MR) is 178 cm³/mol. The van der Waals surface area contributed by atoms with E-state index < -0.39 is 5.60 Å². The van der Waals surface area contributed by atoms with Crippen molar-refractivity contribution in [2.24, 2.45) is 0 Å². The van der Waals surface area contributed by atoms with Gasteiger partial charge in [0.1, 0.15) is 5.60 Å². The zero-order valence-electron chi connectivity index (χ0n) is 27.3. The summed E-state index contributed by atoms with van der Waals surface area (Å²) in [5, 5.41) is 3.32. The first kappa shape index (κ1) is 33.4. The third-order valence-electron chi connectivity index (χ3n) is 8.66. The number of para-hydroxylation sites is 1. The van der Waals surface area contributed by atoms with E-state index in [-0.39, 0.29) is 49.5 Å². The Morgan fingerprint density at radius 2 is 1.61 bits per heavy atom. The van der Waals surface area contributed by atoms with Crippen molar-refractivity contribution in [1.29, 1.82) is 0 Å². The number of fused-ring (bicyclic) bond motifs is 1. The molecule has 0 bridgehead atoms. The van der Waals surface area contributed by atoms with E-state index in [1.807, 2.05) is 64.1 Å². The van der Waals surface area contributed by atoms with Crippen LogP contribution in [0, 0.1) is 0 Å². The van der Waals surface area contributed by atoms with Gasteiger partial charge in [0.15, 0.2) is 0 Å². The Labute approximate surface area is 276 Å². The van der Waals surface area contributed by atoms with Crippen LogP contribution in [-0.2, 0) is 16.1 Å². The summed E-state index contributed by atoms with van der Waals surface area (Å²) in [6.45, 7) is 11.8. The maximum absolute atomic E-state index is 13.9. The van der Waals surface area contributed by atoms with Crippen molar-refractivity contribution in [3.8, 4) is 0 Å². The fourth-order valence-corrected chi connectivity index (χ4v) is 6.42. The minimum atomic E-state index is -0.573. The lowest BCUT2D eigenvalue weighted by Gasteiger charge is -2.35. The third-order valence-corrected chi connectivity index (χ3v) is 8.97. The molecule has 46 heavy (non-hydrogen) atoms. The van der Waals surface area contributed by atoms with Crippen LogP contribution in [0.4, 0.5) is 21.0 Å². The van der Waals surface area contributed by atoms with E-state index in [2.05, 4.69) is 10.2 Å². The quantitative estimate of drug-likeness (QED) is 0.489. The van der Waals surface area contributed by atoms with Gasteiger partial charge in [-0.1, -0.05) is 29.8 Å². The van der Waals surface area contributed by atoms with E-state index in [0.717, 1.165) is 42.9 Å². The van der Waals surface area contributed by atoms with E-state index in [4.69, 9.17) is 16.3 Å². The van der Waals surface area contributed by atoms with Crippen molar-refractivity contribution >= 4 is 46.9 Å². The highest BCUT2D eigenvalue weighted by atomic mass is 35.5. The van der Waals surface area contributed by atoms with Crippen molar-refractivity contribution in [3.05, 3.63) is 58.6 Å². The van der Waals surface area contributed by atoms with Crippen molar-refractivity contribution < 1.29 is 23.9 Å². The SMILES string of the molecule is C[C@@H]1CN(C(=O)c2ccc(N3CCCC3)cc2Cl)c2ccccc2CN1C(=O)NCCC(=O)N1CCN(C(=O)OC(C)(C)C)CC1. The lowest BCUT2D eigenvalue weighted by molar-refractivity contribution is -0.132. The molecule has 1 atom stereocenters. The number of anilines is 2. The molecule has 3 aliphatic rings. The topological polar surface area (TPSA) is 106 Å². The van der Waals surface area contributed by atoms with Gasteiger partial charge in [-0.3, -0.25) is 9.59 Å². The highest BCUT2D eigenvalue weighted by molar-refractivity contribution is 6.35. The molecule has 2 aromatic carbocycles. The van der Waals surface area contributed by atoms with Crippen molar-refractivity contribution in [2.75, 3.05) is 62.2 Å². The third kappa shape index (κ3) is 7.86. The maximum atomic E-state index is 13.9. The van der Waals surface area contributed by atoms with Gasteiger partial charge in [-0.2, -0.15) is 0 Å². The molecule has 2 fully saturated rings. The predicted octanol–water partition coefficient (Wildman–Crippen LogP) is 4.97. The van der Waals surface area contributed by atoms with E-state index in [9.17, 15) is 19.2 Å². The summed E-state index contributed by atoms with van der Waals surface area (Å²) in [6.07, 6.45) is 2.07. The number of carbonyl (C=O) groups is 4. The van der Waals surface area contributed by atoms with Gasteiger partial charge in [0.2, 0.25) is 5.91 Å². The number of hydrogen-bond donors (Lipinski definition) is 1. The van der Waals surface area contributed by atoms with Gasteiger partial charge in [0.25, 0.3) is 5.91 Å². The van der Waals surface area contributed by atoms with Crippen molar-refractivity contribution in [3.63, 3.8) is 0 Å². The molecular weight excluding hydrogens is 608 g/mol. The fraction of sp³-hybridized carbons (Fsp3) is 0.529. The number of piperazine rings is 1. The first-order chi connectivity index (χ1) is 21.9. The van der Waals surface area contributed by atoms with Gasteiger partial charge in [0.05, 0.1) is 10.6 Å². The summed E-state index contributed by atoms with van der Waals surface area (Å²) < 4.78 is 5.43. The minimum Gasteiger partial charge on any atom is -0.444 e. The van der Waals surface area contributed by atoms with Crippen LogP contribution in [0.15, 0.2) is 42.5 Å². The molecule has 5 amide bonds. The van der Waals surface area contributed by atoms with E-state index in [1.165, 1.54) is 0 Å². The molecule has 2 saturated heterocycles. The van der Waals surface area contributed by atoms with Crippen LogP contribution in [-0.4, -0.2) is 103 Å². The van der Waals surface area contributed by atoms with Gasteiger partial charge < -0.3 is 34.6 Å². The smallest absolute Gasteiger partial charge is 0.410 e. The highest BCUT2D eigenvalue weighted by Gasteiger charge is 2.33. The second kappa shape index (κ2) is 14.2. The largest absolute Gasteiger partial charge is 0.444 e. The van der Waals surface area contributed by atoms with E-state index >= 15 is 0 Å².